The zero-order valence-corrected chi connectivity index (χ0v) is 12.4. The minimum atomic E-state index is -0.646. The standard InChI is InChI=1S/C16H21NO3/c1-10-5-6-13-12(9-20-14(13)7-10)8-15(19)17-16(3,4)11(2)18/h5-7,9,11,18H,8H2,1-4H3,(H,17,19). The Labute approximate surface area is 118 Å². The number of benzene rings is 1. The molecule has 0 aliphatic carbocycles. The van der Waals surface area contributed by atoms with Crippen molar-refractivity contribution in [2.45, 2.75) is 45.8 Å². The molecule has 4 heteroatoms. The number of nitrogens with one attached hydrogen (secondary N) is 1. The number of furan rings is 1. The van der Waals surface area contributed by atoms with Crippen molar-refractivity contribution >= 4 is 16.9 Å². The molecule has 0 spiro atoms. The molecule has 0 saturated carbocycles. The van der Waals surface area contributed by atoms with Crippen molar-refractivity contribution in [3.8, 4) is 0 Å². The Hall–Kier alpha value is -1.81. The minimum Gasteiger partial charge on any atom is -0.464 e. The van der Waals surface area contributed by atoms with Gasteiger partial charge in [-0.25, -0.2) is 0 Å². The summed E-state index contributed by atoms with van der Waals surface area (Å²) in [6, 6.07) is 5.92. The molecule has 1 heterocycles. The van der Waals surface area contributed by atoms with Crippen LogP contribution in [0.5, 0.6) is 0 Å². The molecular weight excluding hydrogens is 254 g/mol. The Morgan fingerprint density at radius 3 is 2.80 bits per heavy atom. The number of hydrogen-bond donors (Lipinski definition) is 2. The van der Waals surface area contributed by atoms with Crippen LogP contribution in [0.1, 0.15) is 31.9 Å². The van der Waals surface area contributed by atoms with Gasteiger partial charge in [0.15, 0.2) is 0 Å². The molecule has 2 N–H and O–H groups in total. The van der Waals surface area contributed by atoms with Crippen LogP contribution < -0.4 is 5.32 Å². The fraction of sp³-hybridized carbons (Fsp3) is 0.438. The lowest BCUT2D eigenvalue weighted by atomic mass is 9.98. The van der Waals surface area contributed by atoms with Gasteiger partial charge >= 0.3 is 0 Å². The van der Waals surface area contributed by atoms with E-state index in [1.54, 1.807) is 27.0 Å². The van der Waals surface area contributed by atoms with Crippen LogP contribution in [0.25, 0.3) is 11.0 Å². The third kappa shape index (κ3) is 3.02. The number of carbonyl (C=O) groups is 1. The first-order chi connectivity index (χ1) is 9.29. The Kier molecular flexibility index (Phi) is 3.86. The fourth-order valence-electron chi connectivity index (χ4n) is 2.01. The van der Waals surface area contributed by atoms with Crippen LogP contribution in [0.4, 0.5) is 0 Å². The van der Waals surface area contributed by atoms with E-state index in [9.17, 15) is 9.90 Å². The highest BCUT2D eigenvalue weighted by atomic mass is 16.3. The molecule has 2 rings (SSSR count). The highest BCUT2D eigenvalue weighted by Crippen LogP contribution is 2.23. The molecule has 2 aromatic rings. The molecule has 1 aromatic carbocycles. The van der Waals surface area contributed by atoms with Crippen LogP contribution >= 0.6 is 0 Å². The number of fused-ring (bicyclic) bond motifs is 1. The van der Waals surface area contributed by atoms with Gasteiger partial charge in [-0.15, -0.1) is 0 Å². The Balaban J connectivity index is 2.14. The second-order valence-electron chi connectivity index (χ2n) is 5.88. The summed E-state index contributed by atoms with van der Waals surface area (Å²) in [4.78, 5) is 12.1. The van der Waals surface area contributed by atoms with E-state index in [-0.39, 0.29) is 12.3 Å². The van der Waals surface area contributed by atoms with Gasteiger partial charge in [0.05, 0.1) is 24.3 Å². The van der Waals surface area contributed by atoms with Crippen molar-refractivity contribution in [2.75, 3.05) is 0 Å². The maximum Gasteiger partial charge on any atom is 0.225 e. The van der Waals surface area contributed by atoms with E-state index < -0.39 is 11.6 Å². The first kappa shape index (κ1) is 14.6. The summed E-state index contributed by atoms with van der Waals surface area (Å²) in [6.45, 7) is 7.26. The summed E-state index contributed by atoms with van der Waals surface area (Å²) in [5.41, 5.74) is 2.13. The van der Waals surface area contributed by atoms with E-state index in [0.29, 0.717) is 0 Å². The molecule has 0 radical (unpaired) electrons. The molecule has 0 aliphatic rings. The maximum absolute atomic E-state index is 12.1. The van der Waals surface area contributed by atoms with Crippen LogP contribution in [-0.2, 0) is 11.2 Å². The van der Waals surface area contributed by atoms with Gasteiger partial charge in [-0.3, -0.25) is 4.79 Å². The number of aliphatic hydroxyl groups is 1. The number of aliphatic hydroxyl groups excluding tert-OH is 1. The van der Waals surface area contributed by atoms with Gasteiger partial charge < -0.3 is 14.8 Å². The average molecular weight is 275 g/mol. The average Bonchev–Trinajstić information content (AvgIpc) is 2.70. The van der Waals surface area contributed by atoms with Gasteiger partial charge in [-0.05, 0) is 39.3 Å². The molecule has 4 nitrogen and oxygen atoms in total. The lowest BCUT2D eigenvalue weighted by Gasteiger charge is -2.29. The Bertz CT molecular complexity index is 626. The normalized spacial score (nSPS) is 13.4. The van der Waals surface area contributed by atoms with Crippen LogP contribution in [0, 0.1) is 6.92 Å². The summed E-state index contributed by atoms with van der Waals surface area (Å²) in [5, 5.41) is 13.4. The molecule has 108 valence electrons. The van der Waals surface area contributed by atoms with E-state index in [1.807, 2.05) is 25.1 Å². The second kappa shape index (κ2) is 5.29. The molecule has 1 aromatic heterocycles. The van der Waals surface area contributed by atoms with E-state index in [1.165, 1.54) is 0 Å². The third-order valence-corrected chi connectivity index (χ3v) is 3.67. The molecule has 0 aliphatic heterocycles. The first-order valence-electron chi connectivity index (χ1n) is 6.75. The fourth-order valence-corrected chi connectivity index (χ4v) is 2.01. The van der Waals surface area contributed by atoms with Crippen molar-refractivity contribution in [3.63, 3.8) is 0 Å². The van der Waals surface area contributed by atoms with Crippen molar-refractivity contribution in [3.05, 3.63) is 35.6 Å². The monoisotopic (exact) mass is 275 g/mol. The number of aryl methyl sites for hydroxylation is 1. The summed E-state index contributed by atoms with van der Waals surface area (Å²) >= 11 is 0. The van der Waals surface area contributed by atoms with E-state index in [2.05, 4.69) is 5.32 Å². The molecular formula is C16H21NO3. The lowest BCUT2D eigenvalue weighted by molar-refractivity contribution is -0.123. The van der Waals surface area contributed by atoms with Gasteiger partial charge in [0.2, 0.25) is 5.91 Å². The summed E-state index contributed by atoms with van der Waals surface area (Å²) in [6.07, 6.45) is 1.25. The predicted octanol–water partition coefficient (Wildman–Crippen LogP) is 2.56. The molecule has 1 unspecified atom stereocenters. The van der Waals surface area contributed by atoms with Crippen LogP contribution in [0.2, 0.25) is 0 Å². The molecule has 20 heavy (non-hydrogen) atoms. The Morgan fingerprint density at radius 2 is 2.15 bits per heavy atom. The van der Waals surface area contributed by atoms with Crippen molar-refractivity contribution in [1.29, 1.82) is 0 Å². The molecule has 1 amide bonds. The second-order valence-corrected chi connectivity index (χ2v) is 5.88. The quantitative estimate of drug-likeness (QED) is 0.901. The summed E-state index contributed by atoms with van der Waals surface area (Å²) < 4.78 is 5.48. The van der Waals surface area contributed by atoms with E-state index in [0.717, 1.165) is 22.1 Å². The number of rotatable bonds is 4. The Morgan fingerprint density at radius 1 is 1.45 bits per heavy atom. The van der Waals surface area contributed by atoms with Crippen molar-refractivity contribution in [1.82, 2.24) is 5.32 Å². The van der Waals surface area contributed by atoms with Gasteiger partial charge in [-0.2, -0.15) is 0 Å². The van der Waals surface area contributed by atoms with Crippen LogP contribution in [0.3, 0.4) is 0 Å². The van der Waals surface area contributed by atoms with Crippen molar-refractivity contribution in [2.24, 2.45) is 0 Å². The SMILES string of the molecule is Cc1ccc2c(CC(=O)NC(C)(C)C(C)O)coc2c1. The van der Waals surface area contributed by atoms with Crippen LogP contribution in [0.15, 0.2) is 28.9 Å². The summed E-state index contributed by atoms with van der Waals surface area (Å²) in [5.74, 6) is -0.126. The largest absolute Gasteiger partial charge is 0.464 e. The minimum absolute atomic E-state index is 0.126. The zero-order valence-electron chi connectivity index (χ0n) is 12.4. The predicted molar refractivity (Wildman–Crippen MR) is 78.6 cm³/mol. The van der Waals surface area contributed by atoms with Gasteiger partial charge in [0.25, 0.3) is 0 Å². The topological polar surface area (TPSA) is 62.5 Å². The number of hydrogen-bond acceptors (Lipinski definition) is 3. The highest BCUT2D eigenvalue weighted by Gasteiger charge is 2.26. The number of amides is 1. The third-order valence-electron chi connectivity index (χ3n) is 3.67. The molecule has 0 bridgehead atoms. The number of carbonyl (C=O) groups excluding carboxylic acids is 1. The highest BCUT2D eigenvalue weighted by molar-refractivity contribution is 5.88. The van der Waals surface area contributed by atoms with Gasteiger partial charge in [0, 0.05) is 10.9 Å². The van der Waals surface area contributed by atoms with E-state index >= 15 is 0 Å². The maximum atomic E-state index is 12.1. The molecule has 0 fully saturated rings. The first-order valence-corrected chi connectivity index (χ1v) is 6.75. The van der Waals surface area contributed by atoms with Crippen molar-refractivity contribution < 1.29 is 14.3 Å². The smallest absolute Gasteiger partial charge is 0.225 e. The molecule has 1 atom stereocenters. The van der Waals surface area contributed by atoms with E-state index in [4.69, 9.17) is 4.42 Å². The zero-order chi connectivity index (χ0) is 14.9. The van der Waals surface area contributed by atoms with Gasteiger partial charge in [0.1, 0.15) is 5.58 Å². The lowest BCUT2D eigenvalue weighted by Crippen LogP contribution is -2.51. The molecule has 0 saturated heterocycles. The van der Waals surface area contributed by atoms with Crippen LogP contribution in [-0.4, -0.2) is 22.7 Å². The van der Waals surface area contributed by atoms with Gasteiger partial charge in [-0.1, -0.05) is 12.1 Å². The summed E-state index contributed by atoms with van der Waals surface area (Å²) in [7, 11) is 0.